The van der Waals surface area contributed by atoms with E-state index in [1.807, 2.05) is 54.6 Å². The van der Waals surface area contributed by atoms with E-state index in [-0.39, 0.29) is 6.42 Å². The van der Waals surface area contributed by atoms with Crippen molar-refractivity contribution in [1.82, 2.24) is 10.3 Å². The lowest BCUT2D eigenvalue weighted by Gasteiger charge is -2.14. The van der Waals surface area contributed by atoms with Crippen molar-refractivity contribution in [3.8, 4) is 16.3 Å². The zero-order valence-electron chi connectivity index (χ0n) is 15.5. The molecular weight excluding hydrogens is 376 g/mol. The number of aromatic nitrogens is 1. The predicted octanol–water partition coefficient (Wildman–Crippen LogP) is 3.55. The first-order valence-electron chi connectivity index (χ1n) is 8.67. The van der Waals surface area contributed by atoms with Crippen molar-refractivity contribution in [3.63, 3.8) is 0 Å². The maximum absolute atomic E-state index is 12.7. The molecule has 28 heavy (non-hydrogen) atoms. The van der Waals surface area contributed by atoms with Crippen LogP contribution < -0.4 is 10.1 Å². The molecule has 1 unspecified atom stereocenters. The number of carboxylic acid groups (broad SMARTS) is 1. The molecule has 1 atom stereocenters. The number of methoxy groups -OCH3 is 1. The number of hydrogen-bond acceptors (Lipinski definition) is 5. The Morgan fingerprint density at radius 3 is 2.43 bits per heavy atom. The normalized spacial score (nSPS) is 11.6. The Bertz CT molecular complexity index is 968. The highest BCUT2D eigenvalue weighted by Crippen LogP contribution is 2.29. The van der Waals surface area contributed by atoms with Gasteiger partial charge in [0, 0.05) is 12.0 Å². The molecule has 0 bridgehead atoms. The molecule has 6 nitrogen and oxygen atoms in total. The number of amides is 1. The van der Waals surface area contributed by atoms with E-state index in [9.17, 15) is 14.7 Å². The molecule has 0 spiro atoms. The van der Waals surface area contributed by atoms with Crippen LogP contribution in [0.3, 0.4) is 0 Å². The van der Waals surface area contributed by atoms with Crippen LogP contribution in [0.25, 0.3) is 10.6 Å². The first-order valence-corrected chi connectivity index (χ1v) is 9.49. The predicted molar refractivity (Wildman–Crippen MR) is 108 cm³/mol. The van der Waals surface area contributed by atoms with E-state index >= 15 is 0 Å². The summed E-state index contributed by atoms with van der Waals surface area (Å²) in [5.74, 6) is -0.770. The van der Waals surface area contributed by atoms with Crippen molar-refractivity contribution >= 4 is 23.2 Å². The van der Waals surface area contributed by atoms with Gasteiger partial charge in [-0.25, -0.2) is 9.78 Å². The van der Waals surface area contributed by atoms with E-state index in [0.717, 1.165) is 16.9 Å². The standard InChI is InChI=1S/C21H20N2O4S/c1-13-18(28-20(22-13)15-8-10-16(27-2)11-9-15)19(24)23-17(21(25)26)12-14-6-4-3-5-7-14/h3-11,17H,12H2,1-2H3,(H,23,24)(H,25,26). The van der Waals surface area contributed by atoms with Gasteiger partial charge in [-0.05, 0) is 36.8 Å². The van der Waals surface area contributed by atoms with E-state index in [1.165, 1.54) is 11.3 Å². The van der Waals surface area contributed by atoms with E-state index in [1.54, 1.807) is 14.0 Å². The van der Waals surface area contributed by atoms with Gasteiger partial charge in [-0.3, -0.25) is 4.79 Å². The molecule has 0 aliphatic carbocycles. The average Bonchev–Trinajstić information content (AvgIpc) is 3.10. The summed E-state index contributed by atoms with van der Waals surface area (Å²) in [7, 11) is 1.60. The second-order valence-electron chi connectivity index (χ2n) is 6.22. The summed E-state index contributed by atoms with van der Waals surface area (Å²) in [5.41, 5.74) is 2.28. The number of benzene rings is 2. The summed E-state index contributed by atoms with van der Waals surface area (Å²) in [5, 5.41) is 12.8. The number of carbonyl (C=O) groups excluding carboxylic acids is 1. The van der Waals surface area contributed by atoms with Crippen molar-refractivity contribution < 1.29 is 19.4 Å². The fourth-order valence-corrected chi connectivity index (χ4v) is 3.71. The van der Waals surface area contributed by atoms with Gasteiger partial charge in [0.2, 0.25) is 0 Å². The van der Waals surface area contributed by atoms with Gasteiger partial charge in [-0.15, -0.1) is 11.3 Å². The van der Waals surface area contributed by atoms with Crippen molar-refractivity contribution in [2.24, 2.45) is 0 Å². The Labute approximate surface area is 166 Å². The van der Waals surface area contributed by atoms with Crippen LogP contribution in [0.4, 0.5) is 0 Å². The summed E-state index contributed by atoms with van der Waals surface area (Å²) in [6, 6.07) is 15.6. The molecule has 0 aliphatic rings. The third-order valence-electron chi connectivity index (χ3n) is 4.23. The summed E-state index contributed by atoms with van der Waals surface area (Å²) in [4.78, 5) is 29.2. The zero-order chi connectivity index (χ0) is 20.1. The van der Waals surface area contributed by atoms with Crippen LogP contribution in [0.2, 0.25) is 0 Å². The lowest BCUT2D eigenvalue weighted by atomic mass is 10.1. The Kier molecular flexibility index (Phi) is 6.06. The first kappa shape index (κ1) is 19.6. The lowest BCUT2D eigenvalue weighted by Crippen LogP contribution is -2.42. The van der Waals surface area contributed by atoms with Crippen LogP contribution >= 0.6 is 11.3 Å². The number of aryl methyl sites for hydroxylation is 1. The Balaban J connectivity index is 1.77. The van der Waals surface area contributed by atoms with Gasteiger partial charge in [0.1, 0.15) is 21.7 Å². The quantitative estimate of drug-likeness (QED) is 0.638. The molecule has 0 aliphatic heterocycles. The Morgan fingerprint density at radius 1 is 1.14 bits per heavy atom. The van der Waals surface area contributed by atoms with Gasteiger partial charge < -0.3 is 15.2 Å². The second-order valence-corrected chi connectivity index (χ2v) is 7.22. The fourth-order valence-electron chi connectivity index (χ4n) is 2.74. The monoisotopic (exact) mass is 396 g/mol. The minimum atomic E-state index is -1.07. The van der Waals surface area contributed by atoms with Gasteiger partial charge in [0.25, 0.3) is 5.91 Å². The molecule has 1 heterocycles. The van der Waals surface area contributed by atoms with Gasteiger partial charge in [0.05, 0.1) is 12.8 Å². The molecule has 7 heteroatoms. The number of aliphatic carboxylic acids is 1. The SMILES string of the molecule is COc1ccc(-c2nc(C)c(C(=O)NC(Cc3ccccc3)C(=O)O)s2)cc1. The van der Waals surface area contributed by atoms with Crippen molar-refractivity contribution in [2.45, 2.75) is 19.4 Å². The minimum Gasteiger partial charge on any atom is -0.497 e. The van der Waals surface area contributed by atoms with E-state index in [2.05, 4.69) is 10.3 Å². The number of nitrogens with one attached hydrogen (secondary N) is 1. The molecule has 0 saturated heterocycles. The van der Waals surface area contributed by atoms with Crippen LogP contribution in [0.15, 0.2) is 54.6 Å². The Hall–Kier alpha value is -3.19. The van der Waals surface area contributed by atoms with Crippen LogP contribution in [0, 0.1) is 6.92 Å². The number of thiazole rings is 1. The molecule has 3 rings (SSSR count). The zero-order valence-corrected chi connectivity index (χ0v) is 16.3. The third kappa shape index (κ3) is 4.55. The lowest BCUT2D eigenvalue weighted by molar-refractivity contribution is -0.139. The fraction of sp³-hybridized carbons (Fsp3) is 0.190. The van der Waals surface area contributed by atoms with E-state index < -0.39 is 17.9 Å². The van der Waals surface area contributed by atoms with E-state index in [0.29, 0.717) is 15.6 Å². The van der Waals surface area contributed by atoms with Crippen LogP contribution in [0.1, 0.15) is 20.9 Å². The van der Waals surface area contributed by atoms with Crippen LogP contribution in [-0.4, -0.2) is 35.1 Å². The number of nitrogens with zero attached hydrogens (tertiary/aromatic N) is 1. The maximum Gasteiger partial charge on any atom is 0.326 e. The third-order valence-corrected chi connectivity index (χ3v) is 5.43. The molecule has 0 saturated carbocycles. The number of carbonyl (C=O) groups is 2. The molecule has 0 radical (unpaired) electrons. The van der Waals surface area contributed by atoms with Gasteiger partial charge >= 0.3 is 5.97 Å². The molecule has 144 valence electrons. The summed E-state index contributed by atoms with van der Waals surface area (Å²) >= 11 is 1.24. The number of ether oxygens (including phenoxy) is 1. The minimum absolute atomic E-state index is 0.213. The van der Waals surface area contributed by atoms with Crippen LogP contribution in [-0.2, 0) is 11.2 Å². The smallest absolute Gasteiger partial charge is 0.326 e. The molecular formula is C21H20N2O4S. The summed E-state index contributed by atoms with van der Waals surface area (Å²) in [6.07, 6.45) is 0.213. The van der Waals surface area contributed by atoms with Crippen molar-refractivity contribution in [2.75, 3.05) is 7.11 Å². The van der Waals surface area contributed by atoms with Gasteiger partial charge in [-0.2, -0.15) is 0 Å². The topological polar surface area (TPSA) is 88.5 Å². The highest BCUT2D eigenvalue weighted by atomic mass is 32.1. The van der Waals surface area contributed by atoms with Crippen molar-refractivity contribution in [3.05, 3.63) is 70.7 Å². The summed E-state index contributed by atoms with van der Waals surface area (Å²) in [6.45, 7) is 1.74. The van der Waals surface area contributed by atoms with Gasteiger partial charge in [-0.1, -0.05) is 30.3 Å². The molecule has 1 aromatic heterocycles. The molecule has 1 amide bonds. The van der Waals surface area contributed by atoms with E-state index in [4.69, 9.17) is 4.74 Å². The summed E-state index contributed by atoms with van der Waals surface area (Å²) < 4.78 is 5.15. The average molecular weight is 396 g/mol. The number of hydrogen-bond donors (Lipinski definition) is 2. The van der Waals surface area contributed by atoms with Crippen molar-refractivity contribution in [1.29, 1.82) is 0 Å². The molecule has 2 N–H and O–H groups in total. The largest absolute Gasteiger partial charge is 0.497 e. The Morgan fingerprint density at radius 2 is 1.82 bits per heavy atom. The second kappa shape index (κ2) is 8.67. The number of carboxylic acids is 1. The van der Waals surface area contributed by atoms with Crippen LogP contribution in [0.5, 0.6) is 5.75 Å². The maximum atomic E-state index is 12.7. The molecule has 3 aromatic rings. The number of rotatable bonds is 7. The highest BCUT2D eigenvalue weighted by molar-refractivity contribution is 7.17. The van der Waals surface area contributed by atoms with Gasteiger partial charge in [0.15, 0.2) is 0 Å². The molecule has 2 aromatic carbocycles. The first-order chi connectivity index (χ1) is 13.5. The molecule has 0 fully saturated rings. The highest BCUT2D eigenvalue weighted by Gasteiger charge is 2.24.